The van der Waals surface area contributed by atoms with Crippen molar-refractivity contribution in [1.29, 1.82) is 0 Å². The second-order valence-corrected chi connectivity index (χ2v) is 5.77. The second kappa shape index (κ2) is 12.5. The molecule has 2 N–H and O–H groups in total. The fourth-order valence-electron chi connectivity index (χ4n) is 2.79. The van der Waals surface area contributed by atoms with Crippen LogP contribution in [-0.2, 0) is 4.79 Å². The molecule has 0 bridgehead atoms. The van der Waals surface area contributed by atoms with Crippen molar-refractivity contribution in [2.45, 2.75) is 13.0 Å². The molecule has 2 rings (SSSR count). The summed E-state index contributed by atoms with van der Waals surface area (Å²) >= 11 is 0. The van der Waals surface area contributed by atoms with Crippen LogP contribution >= 0.6 is 24.8 Å². The highest BCUT2D eigenvalue weighted by molar-refractivity contribution is 5.85. The Morgan fingerprint density at radius 3 is 2.46 bits per heavy atom. The molecule has 7 heteroatoms. The minimum atomic E-state index is -0.214. The maximum absolute atomic E-state index is 12.6. The molecule has 1 heterocycles. The van der Waals surface area contributed by atoms with Gasteiger partial charge in [-0.05, 0) is 19.2 Å². The molecule has 1 aliphatic rings. The molecule has 0 radical (unpaired) electrons. The monoisotopic (exact) mass is 376 g/mol. The Morgan fingerprint density at radius 1 is 1.25 bits per heavy atom. The molecule has 0 aliphatic carbocycles. The summed E-state index contributed by atoms with van der Waals surface area (Å²) in [5, 5.41) is 6.44. The number of amides is 1. The van der Waals surface area contributed by atoms with Crippen LogP contribution in [0.5, 0.6) is 0 Å². The summed E-state index contributed by atoms with van der Waals surface area (Å²) in [6, 6.07) is 9.78. The smallest absolute Gasteiger partial charge is 0.241 e. The molecule has 0 saturated carbocycles. The third kappa shape index (κ3) is 6.95. The molecular weight excluding hydrogens is 347 g/mol. The van der Waals surface area contributed by atoms with Gasteiger partial charge in [-0.15, -0.1) is 24.8 Å². The van der Waals surface area contributed by atoms with Crippen LogP contribution in [0, 0.1) is 0 Å². The van der Waals surface area contributed by atoms with Gasteiger partial charge < -0.3 is 10.6 Å². The number of halogens is 2. The molecule has 1 saturated heterocycles. The van der Waals surface area contributed by atoms with E-state index in [4.69, 9.17) is 0 Å². The largest absolute Gasteiger partial charge is 0.353 e. The molecule has 1 aliphatic heterocycles. The number of hydrogen-bond acceptors (Lipinski definition) is 4. The van der Waals surface area contributed by atoms with Crippen LogP contribution in [-0.4, -0.2) is 68.6 Å². The molecule has 1 unspecified atom stereocenters. The van der Waals surface area contributed by atoms with E-state index in [1.807, 2.05) is 37.4 Å². The number of piperazine rings is 1. The van der Waals surface area contributed by atoms with E-state index in [1.165, 1.54) is 0 Å². The third-order valence-corrected chi connectivity index (χ3v) is 4.24. The lowest BCUT2D eigenvalue weighted by molar-refractivity contribution is -0.126. The van der Waals surface area contributed by atoms with E-state index >= 15 is 0 Å². The van der Waals surface area contributed by atoms with E-state index in [9.17, 15) is 4.79 Å². The Kier molecular flexibility index (Phi) is 12.1. The zero-order valence-corrected chi connectivity index (χ0v) is 16.2. The summed E-state index contributed by atoms with van der Waals surface area (Å²) < 4.78 is 0. The maximum atomic E-state index is 12.6. The molecule has 1 aromatic rings. The molecule has 24 heavy (non-hydrogen) atoms. The van der Waals surface area contributed by atoms with E-state index in [2.05, 4.69) is 27.4 Å². The van der Waals surface area contributed by atoms with Crippen LogP contribution in [0.3, 0.4) is 0 Å². The van der Waals surface area contributed by atoms with Gasteiger partial charge in [0, 0.05) is 39.3 Å². The Labute approximate surface area is 158 Å². The lowest BCUT2D eigenvalue weighted by atomic mass is 10.0. The Morgan fingerprint density at radius 2 is 1.88 bits per heavy atom. The van der Waals surface area contributed by atoms with Gasteiger partial charge in [-0.1, -0.05) is 37.3 Å². The zero-order valence-electron chi connectivity index (χ0n) is 14.5. The Hall–Kier alpha value is -0.850. The number of nitrogens with zero attached hydrogens (tertiary/aromatic N) is 2. The van der Waals surface area contributed by atoms with Gasteiger partial charge in [0.15, 0.2) is 0 Å². The highest BCUT2D eigenvalue weighted by atomic mass is 35.5. The number of carbonyl (C=O) groups is 1. The lowest BCUT2D eigenvalue weighted by Gasteiger charge is -2.29. The van der Waals surface area contributed by atoms with Crippen LogP contribution in [0.15, 0.2) is 30.3 Å². The number of nitrogens with one attached hydrogen (secondary N) is 2. The Balaban J connectivity index is 0.00000264. The van der Waals surface area contributed by atoms with Crippen molar-refractivity contribution in [3.8, 4) is 0 Å². The van der Waals surface area contributed by atoms with Gasteiger partial charge in [0.2, 0.25) is 5.91 Å². The van der Waals surface area contributed by atoms with E-state index in [1.54, 1.807) is 0 Å². The van der Waals surface area contributed by atoms with Crippen molar-refractivity contribution in [2.75, 3.05) is 52.9 Å². The van der Waals surface area contributed by atoms with Crippen molar-refractivity contribution >= 4 is 30.7 Å². The van der Waals surface area contributed by atoms with Crippen molar-refractivity contribution in [2.24, 2.45) is 0 Å². The number of carbonyl (C=O) groups excluding carboxylic acids is 1. The van der Waals surface area contributed by atoms with Gasteiger partial charge in [-0.2, -0.15) is 0 Å². The molecule has 0 spiro atoms. The van der Waals surface area contributed by atoms with Crippen molar-refractivity contribution in [3.05, 3.63) is 35.9 Å². The molecule has 0 aromatic heterocycles. The van der Waals surface area contributed by atoms with Crippen LogP contribution in [0.25, 0.3) is 0 Å². The summed E-state index contributed by atoms with van der Waals surface area (Å²) in [5.74, 6) is 0.0886. The summed E-state index contributed by atoms with van der Waals surface area (Å²) in [4.78, 5) is 17.1. The maximum Gasteiger partial charge on any atom is 0.241 e. The van der Waals surface area contributed by atoms with Crippen molar-refractivity contribution < 1.29 is 4.79 Å². The average molecular weight is 377 g/mol. The fraction of sp³-hybridized carbons (Fsp3) is 0.588. The van der Waals surface area contributed by atoms with Gasteiger partial charge in [-0.25, -0.2) is 0 Å². The first kappa shape index (κ1) is 23.1. The van der Waals surface area contributed by atoms with Gasteiger partial charge >= 0.3 is 0 Å². The van der Waals surface area contributed by atoms with Crippen molar-refractivity contribution in [1.82, 2.24) is 20.4 Å². The highest BCUT2D eigenvalue weighted by Crippen LogP contribution is 2.18. The first-order chi connectivity index (χ1) is 10.7. The molecule has 138 valence electrons. The number of benzene rings is 1. The number of rotatable bonds is 7. The summed E-state index contributed by atoms with van der Waals surface area (Å²) in [5.41, 5.74) is 1.05. The number of likely N-dealkylation sites (N-methyl/N-ethyl adjacent to an activating group) is 1. The standard InChI is InChI=1S/C17H28N4O.2ClH/c1-3-20(2)16(15-7-5-4-6-8-15)17(22)19-11-14-21-12-9-18-10-13-21;;/h4-8,16,18H,3,9-14H2,1-2H3,(H,19,22);2*1H. The fourth-order valence-corrected chi connectivity index (χ4v) is 2.79. The summed E-state index contributed by atoms with van der Waals surface area (Å²) in [6.45, 7) is 8.75. The minimum absolute atomic E-state index is 0. The van der Waals surface area contributed by atoms with Crippen LogP contribution in [0.4, 0.5) is 0 Å². The third-order valence-electron chi connectivity index (χ3n) is 4.24. The predicted molar refractivity (Wildman–Crippen MR) is 104 cm³/mol. The zero-order chi connectivity index (χ0) is 15.8. The quantitative estimate of drug-likeness (QED) is 0.757. The molecule has 5 nitrogen and oxygen atoms in total. The van der Waals surface area contributed by atoms with Gasteiger partial charge in [0.05, 0.1) is 0 Å². The lowest BCUT2D eigenvalue weighted by Crippen LogP contribution is -2.47. The summed E-state index contributed by atoms with van der Waals surface area (Å²) in [7, 11) is 1.99. The molecular formula is C17H30Cl2N4O. The second-order valence-electron chi connectivity index (χ2n) is 5.77. The SMILES string of the molecule is CCN(C)C(C(=O)NCCN1CCNCC1)c1ccccc1.Cl.Cl. The van der Waals surface area contributed by atoms with E-state index in [0.717, 1.165) is 44.8 Å². The minimum Gasteiger partial charge on any atom is -0.353 e. The van der Waals surface area contributed by atoms with Gasteiger partial charge in [0.1, 0.15) is 6.04 Å². The normalized spacial score (nSPS) is 16.0. The summed E-state index contributed by atoms with van der Waals surface area (Å²) in [6.07, 6.45) is 0. The van der Waals surface area contributed by atoms with E-state index in [0.29, 0.717) is 6.54 Å². The topological polar surface area (TPSA) is 47.6 Å². The van der Waals surface area contributed by atoms with E-state index < -0.39 is 0 Å². The number of hydrogen-bond donors (Lipinski definition) is 2. The van der Waals surface area contributed by atoms with Crippen molar-refractivity contribution in [3.63, 3.8) is 0 Å². The molecule has 1 fully saturated rings. The molecule has 1 aromatic carbocycles. The van der Waals surface area contributed by atoms with Crippen LogP contribution in [0.2, 0.25) is 0 Å². The average Bonchev–Trinajstić information content (AvgIpc) is 2.57. The van der Waals surface area contributed by atoms with Gasteiger partial charge in [0.25, 0.3) is 0 Å². The first-order valence-electron chi connectivity index (χ1n) is 8.18. The molecule has 1 amide bonds. The first-order valence-corrected chi connectivity index (χ1v) is 8.18. The Bertz CT molecular complexity index is 455. The predicted octanol–water partition coefficient (Wildman–Crippen LogP) is 1.54. The van der Waals surface area contributed by atoms with Crippen LogP contribution < -0.4 is 10.6 Å². The molecule has 1 atom stereocenters. The highest BCUT2D eigenvalue weighted by Gasteiger charge is 2.23. The van der Waals surface area contributed by atoms with Crippen LogP contribution in [0.1, 0.15) is 18.5 Å². The van der Waals surface area contributed by atoms with Gasteiger partial charge in [-0.3, -0.25) is 14.6 Å². The van der Waals surface area contributed by atoms with E-state index in [-0.39, 0.29) is 36.8 Å².